The number of rotatable bonds is 9. The fourth-order valence-electron chi connectivity index (χ4n) is 5.22. The van der Waals surface area contributed by atoms with E-state index in [2.05, 4.69) is 20.3 Å². The van der Waals surface area contributed by atoms with Crippen molar-refractivity contribution in [3.05, 3.63) is 119 Å². The van der Waals surface area contributed by atoms with E-state index in [9.17, 15) is 32.9 Å². The Morgan fingerprint density at radius 1 is 0.917 bits per heavy atom. The van der Waals surface area contributed by atoms with Crippen molar-refractivity contribution in [3.63, 3.8) is 0 Å². The van der Waals surface area contributed by atoms with Crippen molar-refractivity contribution in [2.24, 2.45) is 0 Å². The van der Waals surface area contributed by atoms with Gasteiger partial charge in [-0.15, -0.1) is 0 Å². The van der Waals surface area contributed by atoms with Crippen LogP contribution in [0, 0.1) is 10.1 Å². The molecule has 5 aromatic rings. The molecule has 17 heteroatoms. The number of piperazine rings is 1. The van der Waals surface area contributed by atoms with Crippen LogP contribution >= 0.6 is 0 Å². The van der Waals surface area contributed by atoms with Gasteiger partial charge in [0.2, 0.25) is 5.91 Å². The smallest absolute Gasteiger partial charge is 0.413 e. The SMILES string of the molecule is O=C(Nc1ncnc2c1ncn2CC(=O)N1CCN(S(=O)(=O)c2ccccc2[N+](=O)[O-])C(=O)C1)OC(c1ccccc1)c1ccccc1. The molecule has 1 aliphatic rings. The number of hydrogen-bond donors (Lipinski definition) is 1. The molecule has 3 heterocycles. The Bertz CT molecular complexity index is 2090. The zero-order valence-corrected chi connectivity index (χ0v) is 25.8. The first kappa shape index (κ1) is 31.7. The Hall–Kier alpha value is -6.23. The number of benzene rings is 3. The molecule has 1 aliphatic heterocycles. The van der Waals surface area contributed by atoms with Crippen molar-refractivity contribution in [1.82, 2.24) is 28.7 Å². The van der Waals surface area contributed by atoms with Crippen LogP contribution in [0.4, 0.5) is 16.3 Å². The number of para-hydroxylation sites is 1. The van der Waals surface area contributed by atoms with Gasteiger partial charge in [0.25, 0.3) is 21.6 Å². The number of amides is 3. The highest BCUT2D eigenvalue weighted by Gasteiger charge is 2.38. The molecule has 1 saturated heterocycles. The van der Waals surface area contributed by atoms with E-state index in [1.165, 1.54) is 34.3 Å². The van der Waals surface area contributed by atoms with Gasteiger partial charge in [-0.25, -0.2) is 32.5 Å². The number of nitrogens with one attached hydrogen (secondary N) is 1. The molecule has 0 unspecified atom stereocenters. The zero-order valence-electron chi connectivity index (χ0n) is 24.9. The number of aromatic nitrogens is 4. The molecule has 6 rings (SSSR count). The Balaban J connectivity index is 1.13. The van der Waals surface area contributed by atoms with Gasteiger partial charge < -0.3 is 14.2 Å². The first-order valence-electron chi connectivity index (χ1n) is 14.4. The van der Waals surface area contributed by atoms with E-state index in [1.54, 1.807) is 0 Å². The van der Waals surface area contributed by atoms with Crippen LogP contribution in [0.25, 0.3) is 11.2 Å². The van der Waals surface area contributed by atoms with Gasteiger partial charge in [0.05, 0.1) is 17.8 Å². The molecule has 48 heavy (non-hydrogen) atoms. The summed E-state index contributed by atoms with van der Waals surface area (Å²) >= 11 is 0. The lowest BCUT2D eigenvalue weighted by Crippen LogP contribution is -2.54. The zero-order chi connectivity index (χ0) is 33.8. The van der Waals surface area contributed by atoms with E-state index in [1.807, 2.05) is 60.7 Å². The number of anilines is 1. The number of carbonyl (C=O) groups excluding carboxylic acids is 3. The summed E-state index contributed by atoms with van der Waals surface area (Å²) in [5, 5.41) is 14.0. The average Bonchev–Trinajstić information content (AvgIpc) is 3.51. The van der Waals surface area contributed by atoms with Crippen LogP contribution in [0.2, 0.25) is 0 Å². The summed E-state index contributed by atoms with van der Waals surface area (Å²) in [5.74, 6) is -1.41. The van der Waals surface area contributed by atoms with E-state index in [0.717, 1.165) is 23.3 Å². The van der Waals surface area contributed by atoms with Crippen LogP contribution in [-0.4, -0.2) is 79.6 Å². The van der Waals surface area contributed by atoms with Crippen LogP contribution < -0.4 is 5.32 Å². The first-order chi connectivity index (χ1) is 23.1. The van der Waals surface area contributed by atoms with Crippen LogP contribution in [-0.2, 0) is 30.9 Å². The molecule has 1 fully saturated rings. The van der Waals surface area contributed by atoms with Crippen molar-refractivity contribution in [2.45, 2.75) is 17.5 Å². The highest BCUT2D eigenvalue weighted by atomic mass is 32.2. The number of nitro benzene ring substituents is 1. The summed E-state index contributed by atoms with van der Waals surface area (Å²) < 4.78 is 34.0. The van der Waals surface area contributed by atoms with Crippen molar-refractivity contribution in [3.8, 4) is 0 Å². The highest BCUT2D eigenvalue weighted by molar-refractivity contribution is 7.89. The number of nitrogens with zero attached hydrogens (tertiary/aromatic N) is 7. The number of hydrogen-bond acceptors (Lipinski definition) is 11. The monoisotopic (exact) mass is 670 g/mol. The van der Waals surface area contributed by atoms with Crippen LogP contribution in [0.5, 0.6) is 0 Å². The largest absolute Gasteiger partial charge is 0.436 e. The van der Waals surface area contributed by atoms with Gasteiger partial charge >= 0.3 is 6.09 Å². The number of imidazole rings is 1. The lowest BCUT2D eigenvalue weighted by atomic mass is 10.0. The third kappa shape index (κ3) is 6.38. The lowest BCUT2D eigenvalue weighted by molar-refractivity contribution is -0.387. The molecule has 244 valence electrons. The molecule has 1 N–H and O–H groups in total. The summed E-state index contributed by atoms with van der Waals surface area (Å²) in [6.45, 7) is -1.42. The van der Waals surface area contributed by atoms with E-state index >= 15 is 0 Å². The Morgan fingerprint density at radius 3 is 2.21 bits per heavy atom. The Kier molecular flexibility index (Phi) is 8.76. The summed E-state index contributed by atoms with van der Waals surface area (Å²) in [4.78, 5) is 62.9. The second kappa shape index (κ2) is 13.2. The summed E-state index contributed by atoms with van der Waals surface area (Å²) in [5.41, 5.74) is 1.24. The fourth-order valence-corrected chi connectivity index (χ4v) is 6.76. The minimum Gasteiger partial charge on any atom is -0.436 e. The van der Waals surface area contributed by atoms with Crippen molar-refractivity contribution >= 4 is 50.6 Å². The molecule has 3 aromatic carbocycles. The van der Waals surface area contributed by atoms with E-state index in [4.69, 9.17) is 4.74 Å². The molecule has 2 aromatic heterocycles. The number of fused-ring (bicyclic) bond motifs is 1. The lowest BCUT2D eigenvalue weighted by Gasteiger charge is -2.33. The van der Waals surface area contributed by atoms with Gasteiger partial charge in [-0.1, -0.05) is 72.8 Å². The molecular formula is C31H26N8O8S. The number of ether oxygens (including phenoxy) is 1. The molecule has 0 spiro atoms. The van der Waals surface area contributed by atoms with Gasteiger partial charge in [0.1, 0.15) is 19.4 Å². The van der Waals surface area contributed by atoms with Gasteiger partial charge in [0, 0.05) is 12.6 Å². The van der Waals surface area contributed by atoms with Crippen molar-refractivity contribution < 1.29 is 32.5 Å². The Morgan fingerprint density at radius 2 is 1.56 bits per heavy atom. The third-order valence-electron chi connectivity index (χ3n) is 7.52. The molecule has 0 aliphatic carbocycles. The minimum atomic E-state index is -4.54. The summed E-state index contributed by atoms with van der Waals surface area (Å²) in [7, 11) is -4.54. The van der Waals surface area contributed by atoms with Gasteiger partial charge in [-0.3, -0.25) is 25.0 Å². The molecule has 0 atom stereocenters. The number of carbonyl (C=O) groups is 3. The number of nitro groups is 1. The molecular weight excluding hydrogens is 644 g/mol. The molecule has 16 nitrogen and oxygen atoms in total. The number of sulfonamides is 1. The van der Waals surface area contributed by atoms with E-state index in [-0.39, 0.29) is 30.1 Å². The molecule has 3 amide bonds. The predicted octanol–water partition coefficient (Wildman–Crippen LogP) is 3.13. The Labute approximate surface area is 272 Å². The maximum Gasteiger partial charge on any atom is 0.413 e. The highest BCUT2D eigenvalue weighted by Crippen LogP contribution is 2.29. The van der Waals surface area contributed by atoms with Gasteiger partial charge in [0.15, 0.2) is 28.0 Å². The predicted molar refractivity (Wildman–Crippen MR) is 169 cm³/mol. The fraction of sp³-hybridized carbons (Fsp3) is 0.161. The summed E-state index contributed by atoms with van der Waals surface area (Å²) in [6.07, 6.45) is 0.996. The maximum atomic E-state index is 13.2. The molecule has 0 radical (unpaired) electrons. The van der Waals surface area contributed by atoms with Gasteiger partial charge in [-0.2, -0.15) is 0 Å². The normalized spacial score (nSPS) is 13.5. The van der Waals surface area contributed by atoms with Crippen LogP contribution in [0.15, 0.2) is 102 Å². The molecule has 0 saturated carbocycles. The van der Waals surface area contributed by atoms with E-state index in [0.29, 0.717) is 4.31 Å². The van der Waals surface area contributed by atoms with Gasteiger partial charge in [-0.05, 0) is 17.2 Å². The quantitative estimate of drug-likeness (QED) is 0.178. The van der Waals surface area contributed by atoms with Crippen LogP contribution in [0.1, 0.15) is 17.2 Å². The van der Waals surface area contributed by atoms with Crippen molar-refractivity contribution in [1.29, 1.82) is 0 Å². The maximum absolute atomic E-state index is 13.2. The summed E-state index contributed by atoms with van der Waals surface area (Å²) in [6, 6.07) is 23.2. The topological polar surface area (TPSA) is 200 Å². The third-order valence-corrected chi connectivity index (χ3v) is 9.38. The molecule has 0 bridgehead atoms. The minimum absolute atomic E-state index is 0.0417. The second-order valence-corrected chi connectivity index (χ2v) is 12.3. The van der Waals surface area contributed by atoms with Crippen LogP contribution in [0.3, 0.4) is 0 Å². The first-order valence-corrected chi connectivity index (χ1v) is 15.9. The standard InChI is InChI=1S/C31H26N8O8S/c40-25(36-15-16-38(26(41)18-36)48(45,46)24-14-8-7-13-23(24)39(43)44)17-37-20-34-27-29(32-19-33-30(27)37)35-31(42)47-28(21-9-3-1-4-10-21)22-11-5-2-6-12-22/h1-14,19-20,28H,15-18H2,(H,32,33,35,42). The van der Waals surface area contributed by atoms with Crippen molar-refractivity contribution in [2.75, 3.05) is 25.0 Å². The average molecular weight is 671 g/mol. The van der Waals surface area contributed by atoms with E-state index < -0.39 is 62.6 Å². The second-order valence-electron chi connectivity index (χ2n) is 10.5.